The number of nitrogens with two attached hydrogens (primary N) is 1. The number of halogens is 1. The van der Waals surface area contributed by atoms with Crippen molar-refractivity contribution in [3.05, 3.63) is 91.3 Å². The first-order chi connectivity index (χ1) is 14.9. The van der Waals surface area contributed by atoms with Gasteiger partial charge in [-0.2, -0.15) is 4.98 Å². The van der Waals surface area contributed by atoms with E-state index in [1.54, 1.807) is 11.4 Å². The summed E-state index contributed by atoms with van der Waals surface area (Å²) in [5.74, 6) is 0.527. The summed E-state index contributed by atoms with van der Waals surface area (Å²) in [7, 11) is 1.63. The number of nitrogen functional groups attached to an aromatic ring is 1. The van der Waals surface area contributed by atoms with Crippen LogP contribution in [0, 0.1) is 6.92 Å². The van der Waals surface area contributed by atoms with Crippen LogP contribution in [0.3, 0.4) is 0 Å². The maximum Gasteiger partial charge on any atom is 0.332 e. The van der Waals surface area contributed by atoms with Crippen LogP contribution < -0.4 is 17.0 Å². The highest BCUT2D eigenvalue weighted by Gasteiger charge is 2.21. The van der Waals surface area contributed by atoms with E-state index in [2.05, 4.69) is 20.9 Å². The number of hydrogen-bond acceptors (Lipinski definition) is 4. The van der Waals surface area contributed by atoms with Gasteiger partial charge in [-0.1, -0.05) is 40.2 Å². The van der Waals surface area contributed by atoms with E-state index in [4.69, 9.17) is 5.73 Å². The van der Waals surface area contributed by atoms with Gasteiger partial charge in [0.05, 0.1) is 17.9 Å². The van der Waals surface area contributed by atoms with E-state index in [9.17, 15) is 9.59 Å². The molecule has 2 N–H and O–H groups in total. The molecule has 31 heavy (non-hydrogen) atoms. The van der Waals surface area contributed by atoms with Gasteiger partial charge >= 0.3 is 5.69 Å². The molecule has 0 spiro atoms. The molecule has 0 bridgehead atoms. The number of imidazole rings is 2. The Hall–Kier alpha value is -3.59. The first-order valence-electron chi connectivity index (χ1n) is 9.66. The van der Waals surface area contributed by atoms with Crippen molar-refractivity contribution in [3.63, 3.8) is 0 Å². The molecule has 0 fully saturated rings. The predicted octanol–water partition coefficient (Wildman–Crippen LogP) is 2.84. The summed E-state index contributed by atoms with van der Waals surface area (Å²) in [6.45, 7) is 2.10. The monoisotopic (exact) mass is 478 g/mol. The molecule has 2 aromatic carbocycles. The first kappa shape index (κ1) is 19.4. The van der Waals surface area contributed by atoms with E-state index >= 15 is 0 Å². The normalized spacial score (nSPS) is 11.6. The zero-order chi connectivity index (χ0) is 21.9. The number of aromatic nitrogens is 5. The average molecular weight is 479 g/mol. The Morgan fingerprint density at radius 2 is 1.77 bits per heavy atom. The maximum atomic E-state index is 13.4. The Labute approximate surface area is 184 Å². The minimum atomic E-state index is -0.413. The first-order valence-corrected chi connectivity index (χ1v) is 10.5. The molecular weight excluding hydrogens is 460 g/mol. The SMILES string of the molecule is Cc1cn2c3c(=O)n(Cc4ccc(Br)cc4)c(=O)n(C)c3nc2n1-c1ccccc1N. The quantitative estimate of drug-likeness (QED) is 0.403. The number of para-hydroxylation sites is 2. The number of anilines is 1. The molecule has 0 radical (unpaired) electrons. The lowest BCUT2D eigenvalue weighted by molar-refractivity contribution is 0.656. The minimum absolute atomic E-state index is 0.174. The molecular formula is C22H19BrN6O2. The topological polar surface area (TPSA) is 92.2 Å². The lowest BCUT2D eigenvalue weighted by atomic mass is 10.2. The smallest absolute Gasteiger partial charge is 0.332 e. The third-order valence-corrected chi connectivity index (χ3v) is 5.99. The highest BCUT2D eigenvalue weighted by molar-refractivity contribution is 9.10. The molecule has 0 aliphatic carbocycles. The summed E-state index contributed by atoms with van der Waals surface area (Å²) < 4.78 is 7.20. The van der Waals surface area contributed by atoms with Gasteiger partial charge in [-0.25, -0.2) is 4.79 Å². The van der Waals surface area contributed by atoms with Gasteiger partial charge in [0.2, 0.25) is 5.78 Å². The van der Waals surface area contributed by atoms with Crippen LogP contribution in [0.2, 0.25) is 0 Å². The number of benzene rings is 2. The van der Waals surface area contributed by atoms with Gasteiger partial charge in [0, 0.05) is 23.4 Å². The summed E-state index contributed by atoms with van der Waals surface area (Å²) in [6.07, 6.45) is 1.84. The van der Waals surface area contributed by atoms with Crippen molar-refractivity contribution in [3.8, 4) is 5.69 Å². The van der Waals surface area contributed by atoms with Gasteiger partial charge in [0.15, 0.2) is 11.2 Å². The van der Waals surface area contributed by atoms with Crippen LogP contribution in [0.5, 0.6) is 0 Å². The lowest BCUT2D eigenvalue weighted by Gasteiger charge is -2.09. The van der Waals surface area contributed by atoms with Crippen molar-refractivity contribution in [2.24, 2.45) is 7.05 Å². The van der Waals surface area contributed by atoms with Gasteiger partial charge in [0.25, 0.3) is 5.56 Å². The fraction of sp³-hybridized carbons (Fsp3) is 0.136. The predicted molar refractivity (Wildman–Crippen MR) is 124 cm³/mol. The number of fused-ring (bicyclic) bond motifs is 3. The van der Waals surface area contributed by atoms with Crippen LogP contribution in [0.25, 0.3) is 22.6 Å². The van der Waals surface area contributed by atoms with Crippen molar-refractivity contribution in [2.75, 3.05) is 5.73 Å². The number of rotatable bonds is 3. The molecule has 0 aliphatic heterocycles. The molecule has 0 unspecified atom stereocenters. The summed E-state index contributed by atoms with van der Waals surface area (Å²) in [5, 5.41) is 0. The van der Waals surface area contributed by atoms with Crippen LogP contribution >= 0.6 is 15.9 Å². The van der Waals surface area contributed by atoms with E-state index in [1.807, 2.05) is 66.2 Å². The van der Waals surface area contributed by atoms with Gasteiger partial charge in [-0.05, 0) is 36.8 Å². The third kappa shape index (κ3) is 2.92. The van der Waals surface area contributed by atoms with Crippen LogP contribution in [0.4, 0.5) is 5.69 Å². The molecule has 5 aromatic rings. The highest BCUT2D eigenvalue weighted by atomic mass is 79.9. The Bertz CT molecular complexity index is 1590. The molecule has 5 rings (SSSR count). The van der Waals surface area contributed by atoms with Crippen molar-refractivity contribution in [1.82, 2.24) is 23.1 Å². The summed E-state index contributed by atoms with van der Waals surface area (Å²) in [6, 6.07) is 15.0. The molecule has 0 saturated heterocycles. The minimum Gasteiger partial charge on any atom is -0.397 e. The summed E-state index contributed by atoms with van der Waals surface area (Å²) >= 11 is 3.40. The lowest BCUT2D eigenvalue weighted by Crippen LogP contribution is -2.39. The highest BCUT2D eigenvalue weighted by Crippen LogP contribution is 2.24. The van der Waals surface area contributed by atoms with Gasteiger partial charge < -0.3 is 5.73 Å². The fourth-order valence-corrected chi connectivity index (χ4v) is 4.18. The van der Waals surface area contributed by atoms with Gasteiger partial charge in [-0.15, -0.1) is 0 Å². The van der Waals surface area contributed by atoms with Gasteiger partial charge in [0.1, 0.15) is 0 Å². The standard InChI is InChI=1S/C22H19BrN6O2/c1-13-11-27-18-19(25-21(27)29(13)17-6-4-3-5-16(17)24)26(2)22(31)28(20(18)30)12-14-7-9-15(23)10-8-14/h3-11H,12,24H2,1-2H3. The average Bonchev–Trinajstić information content (AvgIpc) is 3.26. The van der Waals surface area contributed by atoms with Crippen molar-refractivity contribution in [1.29, 1.82) is 0 Å². The second kappa shape index (κ2) is 6.98. The summed E-state index contributed by atoms with van der Waals surface area (Å²) in [4.78, 5) is 31.1. The second-order valence-corrected chi connectivity index (χ2v) is 8.39. The molecule has 8 nitrogen and oxygen atoms in total. The van der Waals surface area contributed by atoms with Crippen molar-refractivity contribution < 1.29 is 0 Å². The van der Waals surface area contributed by atoms with Crippen LogP contribution in [-0.2, 0) is 13.6 Å². The van der Waals surface area contributed by atoms with E-state index in [1.165, 1.54) is 9.13 Å². The molecule has 9 heteroatoms. The van der Waals surface area contributed by atoms with E-state index < -0.39 is 5.69 Å². The Morgan fingerprint density at radius 1 is 1.06 bits per heavy atom. The Balaban J connectivity index is 1.80. The van der Waals surface area contributed by atoms with E-state index in [-0.39, 0.29) is 12.1 Å². The van der Waals surface area contributed by atoms with E-state index in [0.717, 1.165) is 21.4 Å². The molecule has 0 aliphatic rings. The van der Waals surface area contributed by atoms with Crippen LogP contribution in [0.15, 0.2) is 68.8 Å². The van der Waals surface area contributed by atoms with Crippen molar-refractivity contribution in [2.45, 2.75) is 13.5 Å². The van der Waals surface area contributed by atoms with Gasteiger partial charge in [-0.3, -0.25) is 22.9 Å². The van der Waals surface area contributed by atoms with E-state index in [0.29, 0.717) is 22.6 Å². The zero-order valence-electron chi connectivity index (χ0n) is 16.9. The molecule has 156 valence electrons. The van der Waals surface area contributed by atoms with Crippen molar-refractivity contribution >= 4 is 38.6 Å². The number of nitrogens with zero attached hydrogens (tertiary/aromatic N) is 5. The molecule has 3 aromatic heterocycles. The molecule has 0 saturated carbocycles. The Morgan fingerprint density at radius 3 is 2.48 bits per heavy atom. The van der Waals surface area contributed by atoms with Crippen LogP contribution in [-0.4, -0.2) is 23.1 Å². The third-order valence-electron chi connectivity index (χ3n) is 5.46. The Kier molecular flexibility index (Phi) is 4.37. The number of hydrogen-bond donors (Lipinski definition) is 1. The largest absolute Gasteiger partial charge is 0.397 e. The molecule has 3 heterocycles. The molecule has 0 amide bonds. The fourth-order valence-electron chi connectivity index (χ4n) is 3.91. The second-order valence-electron chi connectivity index (χ2n) is 7.48. The summed E-state index contributed by atoms with van der Waals surface area (Å²) in [5.41, 5.74) is 9.17. The number of aryl methyl sites for hydroxylation is 2. The van der Waals surface area contributed by atoms with Crippen LogP contribution in [0.1, 0.15) is 11.3 Å². The zero-order valence-corrected chi connectivity index (χ0v) is 18.5. The maximum absolute atomic E-state index is 13.4. The molecule has 0 atom stereocenters.